The summed E-state index contributed by atoms with van der Waals surface area (Å²) in [6, 6.07) is 0. The average molecular weight is 527 g/mol. The molecule has 0 unspecified atom stereocenters. The van der Waals surface area contributed by atoms with Crippen molar-refractivity contribution in [1.29, 1.82) is 0 Å². The Labute approximate surface area is 215 Å². The Kier molecular flexibility index (Phi) is 7.66. The summed E-state index contributed by atoms with van der Waals surface area (Å²) in [7, 11) is -2.30. The molecule has 4 fully saturated rings. The number of ether oxygens (including phenoxy) is 2. The van der Waals surface area contributed by atoms with Crippen molar-refractivity contribution in [3.8, 4) is 0 Å². The van der Waals surface area contributed by atoms with Crippen LogP contribution < -0.4 is 0 Å². The first-order valence-electron chi connectivity index (χ1n) is 13.4. The molecule has 0 aromatic carbocycles. The summed E-state index contributed by atoms with van der Waals surface area (Å²) in [6.07, 6.45) is 6.49. The summed E-state index contributed by atoms with van der Waals surface area (Å²) in [4.78, 5) is 36.8. The van der Waals surface area contributed by atoms with Crippen LogP contribution in [0.1, 0.15) is 78.6 Å². The van der Waals surface area contributed by atoms with Gasteiger partial charge >= 0.3 is 5.97 Å². The fourth-order valence-electron chi connectivity index (χ4n) is 8.99. The largest absolute Gasteiger partial charge is 0.469 e. The highest BCUT2D eigenvalue weighted by molar-refractivity contribution is 7.86. The lowest BCUT2D eigenvalue weighted by molar-refractivity contribution is -0.179. The number of hydrogen-bond acceptors (Lipinski definition) is 8. The number of ketones is 1. The van der Waals surface area contributed by atoms with Gasteiger partial charge in [0, 0.05) is 18.3 Å². The molecule has 0 bridgehead atoms. The molecule has 4 aliphatic rings. The van der Waals surface area contributed by atoms with Gasteiger partial charge in [0.15, 0.2) is 0 Å². The fourth-order valence-corrected chi connectivity index (χ4v) is 9.65. The number of methoxy groups -OCH3 is 1. The Morgan fingerprint density at radius 1 is 1.17 bits per heavy atom. The van der Waals surface area contributed by atoms with Gasteiger partial charge in [0.25, 0.3) is 16.6 Å². The molecule has 9 heteroatoms. The summed E-state index contributed by atoms with van der Waals surface area (Å²) in [5, 5.41) is 0. The molecule has 36 heavy (non-hydrogen) atoms. The maximum Gasteiger partial charge on any atom is 0.305 e. The van der Waals surface area contributed by atoms with Crippen LogP contribution in [0.25, 0.3) is 0 Å². The summed E-state index contributed by atoms with van der Waals surface area (Å²) in [5.41, 5.74) is -0.687. The van der Waals surface area contributed by atoms with Crippen LogP contribution in [-0.4, -0.2) is 52.2 Å². The number of carbonyl (C=O) groups excluding carboxylic acids is 3. The molecule has 4 saturated carbocycles. The minimum atomic E-state index is -3.69. The van der Waals surface area contributed by atoms with Crippen LogP contribution in [0.15, 0.2) is 0 Å². The molecule has 8 nitrogen and oxygen atoms in total. The number of fused-ring (bicyclic) bond motifs is 5. The van der Waals surface area contributed by atoms with Crippen molar-refractivity contribution in [3.05, 3.63) is 0 Å². The molecule has 10 atom stereocenters. The van der Waals surface area contributed by atoms with Crippen molar-refractivity contribution in [2.45, 2.75) is 90.8 Å². The Bertz CT molecular complexity index is 978. The van der Waals surface area contributed by atoms with Gasteiger partial charge in [0.2, 0.25) is 0 Å². The molecule has 0 radical (unpaired) electrons. The first-order valence-corrected chi connectivity index (χ1v) is 15.2. The average Bonchev–Trinajstić information content (AvgIpc) is 3.16. The molecule has 204 valence electrons. The number of hydrogen-bond donors (Lipinski definition) is 0. The van der Waals surface area contributed by atoms with Crippen molar-refractivity contribution < 1.29 is 36.5 Å². The highest BCUT2D eigenvalue weighted by Crippen LogP contribution is 2.68. The van der Waals surface area contributed by atoms with Crippen LogP contribution in [0, 0.1) is 46.3 Å². The normalized spacial score (nSPS) is 43.0. The van der Waals surface area contributed by atoms with Gasteiger partial charge in [0.05, 0.1) is 19.5 Å². The predicted molar refractivity (Wildman–Crippen MR) is 132 cm³/mol. The molecular weight excluding hydrogens is 484 g/mol. The van der Waals surface area contributed by atoms with Gasteiger partial charge < -0.3 is 9.47 Å². The third-order valence-corrected chi connectivity index (χ3v) is 11.4. The number of carbonyl (C=O) groups is 3. The smallest absolute Gasteiger partial charge is 0.305 e. The van der Waals surface area contributed by atoms with Crippen molar-refractivity contribution in [3.63, 3.8) is 0 Å². The molecule has 0 aromatic heterocycles. The SMILES string of the molecule is COC(=O)CC[C@@H](C)[C@H]1CC[C@H]2[C@@H]3[C@H](OS(C)(=O)=O)C[C@@H]4C[C@@H](OC=O)CC[C@]4(C)[C@H]3CC(=O)[C@]12C. The van der Waals surface area contributed by atoms with E-state index in [1.807, 2.05) is 0 Å². The molecule has 4 rings (SSSR count). The van der Waals surface area contributed by atoms with Gasteiger partial charge in [0.1, 0.15) is 11.9 Å². The van der Waals surface area contributed by atoms with Gasteiger partial charge in [-0.3, -0.25) is 18.6 Å². The Morgan fingerprint density at radius 2 is 1.89 bits per heavy atom. The van der Waals surface area contributed by atoms with E-state index in [-0.39, 0.29) is 58.8 Å². The van der Waals surface area contributed by atoms with E-state index < -0.39 is 21.6 Å². The lowest BCUT2D eigenvalue weighted by atomic mass is 9.43. The van der Waals surface area contributed by atoms with Gasteiger partial charge in [-0.1, -0.05) is 20.8 Å². The number of Topliss-reactive ketones (excluding diaryl/α,β-unsaturated/α-hetero) is 1. The van der Waals surface area contributed by atoms with Crippen LogP contribution in [-0.2, 0) is 38.2 Å². The maximum absolute atomic E-state index is 14.0. The molecule has 0 spiro atoms. The van der Waals surface area contributed by atoms with Crippen molar-refractivity contribution >= 4 is 28.3 Å². The maximum atomic E-state index is 14.0. The zero-order valence-corrected chi connectivity index (χ0v) is 23.1. The molecule has 4 aliphatic carbocycles. The van der Waals surface area contributed by atoms with E-state index in [2.05, 4.69) is 20.8 Å². The summed E-state index contributed by atoms with van der Waals surface area (Å²) < 4.78 is 40.7. The highest BCUT2D eigenvalue weighted by Gasteiger charge is 2.66. The monoisotopic (exact) mass is 526 g/mol. The highest BCUT2D eigenvalue weighted by atomic mass is 32.2. The molecule has 0 saturated heterocycles. The van der Waals surface area contributed by atoms with E-state index in [4.69, 9.17) is 13.7 Å². The Hall–Kier alpha value is -1.48. The Balaban J connectivity index is 1.66. The van der Waals surface area contributed by atoms with Crippen LogP contribution in [0.3, 0.4) is 0 Å². The lowest BCUT2D eigenvalue weighted by Gasteiger charge is -2.62. The zero-order chi connectivity index (χ0) is 26.5. The zero-order valence-electron chi connectivity index (χ0n) is 22.2. The summed E-state index contributed by atoms with van der Waals surface area (Å²) in [6.45, 7) is 6.96. The minimum absolute atomic E-state index is 0.0231. The third kappa shape index (κ3) is 4.74. The van der Waals surface area contributed by atoms with Crippen molar-refractivity contribution in [1.82, 2.24) is 0 Å². The Morgan fingerprint density at radius 3 is 2.53 bits per heavy atom. The predicted octanol–water partition coefficient (Wildman–Crippen LogP) is 3.91. The molecule has 0 amide bonds. The lowest BCUT2D eigenvalue weighted by Crippen LogP contribution is -2.62. The van der Waals surface area contributed by atoms with Crippen LogP contribution in [0.4, 0.5) is 0 Å². The van der Waals surface area contributed by atoms with E-state index in [1.54, 1.807) is 0 Å². The number of esters is 1. The van der Waals surface area contributed by atoms with Gasteiger partial charge in [-0.05, 0) is 85.9 Å². The second-order valence-corrected chi connectivity index (χ2v) is 14.0. The molecular formula is C27H42O8S. The second kappa shape index (κ2) is 10.0. The summed E-state index contributed by atoms with van der Waals surface area (Å²) >= 11 is 0. The molecule has 0 aliphatic heterocycles. The molecule has 0 heterocycles. The van der Waals surface area contributed by atoms with Gasteiger partial charge in [-0.2, -0.15) is 8.42 Å². The van der Waals surface area contributed by atoms with E-state index >= 15 is 0 Å². The second-order valence-electron chi connectivity index (χ2n) is 12.4. The topological polar surface area (TPSA) is 113 Å². The van der Waals surface area contributed by atoms with E-state index in [0.29, 0.717) is 38.6 Å². The molecule has 0 aromatic rings. The minimum Gasteiger partial charge on any atom is -0.469 e. The number of rotatable bonds is 8. The first kappa shape index (κ1) is 27.6. The van der Waals surface area contributed by atoms with Crippen LogP contribution in [0.5, 0.6) is 0 Å². The quantitative estimate of drug-likeness (QED) is 0.266. The van der Waals surface area contributed by atoms with Crippen molar-refractivity contribution in [2.75, 3.05) is 13.4 Å². The van der Waals surface area contributed by atoms with E-state index in [9.17, 15) is 22.8 Å². The fraction of sp³-hybridized carbons (Fsp3) is 0.889. The molecule has 0 N–H and O–H groups in total. The van der Waals surface area contributed by atoms with Crippen molar-refractivity contribution in [2.24, 2.45) is 46.3 Å². The van der Waals surface area contributed by atoms with Crippen LogP contribution >= 0.6 is 0 Å². The van der Waals surface area contributed by atoms with E-state index in [1.165, 1.54) is 7.11 Å². The standard InChI is InChI=1S/C27H42O8S/c1-16(6-9-24(30)33-4)19-7-8-20-25-21(14-23(29)27(19,20)3)26(2)11-10-18(34-15-28)12-17(26)13-22(25)35-36(5,31)32/h15-22,25H,6-14H2,1-5H3/t16-,17+,18+,19-,20+,21+,22-,25+,26+,27-/m1/s1. The van der Waals surface area contributed by atoms with Gasteiger partial charge in [-0.25, -0.2) is 0 Å². The summed E-state index contributed by atoms with van der Waals surface area (Å²) in [5.74, 6) is 0.532. The van der Waals surface area contributed by atoms with Crippen LogP contribution in [0.2, 0.25) is 0 Å². The van der Waals surface area contributed by atoms with Gasteiger partial charge in [-0.15, -0.1) is 0 Å². The third-order valence-electron chi connectivity index (χ3n) is 10.8. The van der Waals surface area contributed by atoms with E-state index in [0.717, 1.165) is 31.9 Å². The first-order chi connectivity index (χ1) is 16.8.